The molecule has 1 saturated heterocycles. The van der Waals surface area contributed by atoms with Crippen molar-refractivity contribution in [2.45, 2.75) is 82.2 Å². The van der Waals surface area contributed by atoms with Gasteiger partial charge < -0.3 is 16.0 Å². The number of nitrogens with two attached hydrogens (primary N) is 1. The molecule has 2 fully saturated rings. The maximum Gasteiger partial charge on any atom is 0.236 e. The van der Waals surface area contributed by atoms with Crippen molar-refractivity contribution in [2.75, 3.05) is 32.0 Å². The highest BCUT2D eigenvalue weighted by Gasteiger charge is 2.31. The third-order valence-corrected chi connectivity index (χ3v) is 9.15. The molecule has 2 aliphatic carbocycles. The van der Waals surface area contributed by atoms with Crippen LogP contribution in [-0.4, -0.2) is 70.3 Å². The van der Waals surface area contributed by atoms with Crippen molar-refractivity contribution >= 4 is 39.2 Å². The monoisotopic (exact) mass is 484 g/mol. The van der Waals surface area contributed by atoms with Gasteiger partial charge in [-0.3, -0.25) is 14.5 Å². The van der Waals surface area contributed by atoms with Gasteiger partial charge in [-0.15, -0.1) is 11.3 Å². The van der Waals surface area contributed by atoms with E-state index in [2.05, 4.69) is 27.2 Å². The van der Waals surface area contributed by atoms with Crippen LogP contribution in [0.1, 0.15) is 74.1 Å². The molecular weight excluding hydrogens is 448 g/mol. The number of likely N-dealkylation sites (tertiary alicyclic amines) is 1. The number of carbonyl (C=O) groups is 2. The van der Waals surface area contributed by atoms with E-state index >= 15 is 0 Å². The first kappa shape index (κ1) is 23.5. The van der Waals surface area contributed by atoms with E-state index in [1.807, 2.05) is 4.90 Å². The number of anilines is 1. The fraction of sp³-hybridized carbons (Fsp3) is 0.680. The standard InChI is InChI=1S/C25H36N6O2S/c1-30(14-21(33)31-12-2-3-13-31)18-8-6-17(7-9-18)29-24-23-22-16(5-11-20(26)32)4-10-19(22)34-25(23)28-15-27-24/h15-18H,2-14H2,1H3,(H2,26,32)(H,27,28,29)/t16-,17?,18?/m1/s1. The molecule has 0 bridgehead atoms. The van der Waals surface area contributed by atoms with Gasteiger partial charge in [0.15, 0.2) is 0 Å². The van der Waals surface area contributed by atoms with Gasteiger partial charge in [0.1, 0.15) is 17.0 Å². The summed E-state index contributed by atoms with van der Waals surface area (Å²) in [5.41, 5.74) is 6.77. The summed E-state index contributed by atoms with van der Waals surface area (Å²) in [4.78, 5) is 39.8. The van der Waals surface area contributed by atoms with E-state index in [9.17, 15) is 9.59 Å². The summed E-state index contributed by atoms with van der Waals surface area (Å²) in [5, 5.41) is 4.90. The summed E-state index contributed by atoms with van der Waals surface area (Å²) >= 11 is 1.77. The third-order valence-electron chi connectivity index (χ3n) is 7.97. The Morgan fingerprint density at radius 3 is 2.68 bits per heavy atom. The van der Waals surface area contributed by atoms with Gasteiger partial charge in [0.2, 0.25) is 11.8 Å². The molecule has 8 nitrogen and oxygen atoms in total. The van der Waals surface area contributed by atoms with Crippen LogP contribution in [0.2, 0.25) is 0 Å². The molecule has 3 N–H and O–H groups in total. The fourth-order valence-electron chi connectivity index (χ4n) is 6.05. The molecule has 5 rings (SSSR count). The zero-order chi connectivity index (χ0) is 23.7. The molecule has 0 spiro atoms. The van der Waals surface area contributed by atoms with Crippen LogP contribution in [0.25, 0.3) is 10.2 Å². The smallest absolute Gasteiger partial charge is 0.236 e. The Bertz CT molecular complexity index is 1040. The van der Waals surface area contributed by atoms with Crippen molar-refractivity contribution in [3.05, 3.63) is 16.8 Å². The van der Waals surface area contributed by atoms with Crippen LogP contribution in [-0.2, 0) is 16.0 Å². The van der Waals surface area contributed by atoms with Crippen molar-refractivity contribution in [2.24, 2.45) is 5.73 Å². The summed E-state index contributed by atoms with van der Waals surface area (Å²) in [7, 11) is 2.10. The molecule has 3 aliphatic rings. The number of rotatable bonds is 8. The van der Waals surface area contributed by atoms with Gasteiger partial charge in [-0.1, -0.05) is 0 Å². The van der Waals surface area contributed by atoms with Crippen LogP contribution in [0.4, 0.5) is 5.82 Å². The minimum Gasteiger partial charge on any atom is -0.370 e. The number of nitrogens with zero attached hydrogens (tertiary/aromatic N) is 4. The predicted octanol–water partition coefficient (Wildman–Crippen LogP) is 3.26. The van der Waals surface area contributed by atoms with Gasteiger partial charge in [-0.2, -0.15) is 0 Å². The Morgan fingerprint density at radius 1 is 1.18 bits per heavy atom. The first-order valence-electron chi connectivity index (χ1n) is 12.8. The van der Waals surface area contributed by atoms with Crippen molar-refractivity contribution in [3.63, 3.8) is 0 Å². The van der Waals surface area contributed by atoms with Gasteiger partial charge >= 0.3 is 0 Å². The average molecular weight is 485 g/mol. The highest BCUT2D eigenvalue weighted by atomic mass is 32.1. The Labute approximate surface area is 205 Å². The van der Waals surface area contributed by atoms with Crippen LogP contribution in [0.15, 0.2) is 6.33 Å². The fourth-order valence-corrected chi connectivity index (χ4v) is 7.29. The molecule has 0 unspecified atom stereocenters. The number of fused-ring (bicyclic) bond motifs is 3. The second kappa shape index (κ2) is 10.2. The zero-order valence-corrected chi connectivity index (χ0v) is 20.9. The van der Waals surface area contributed by atoms with Crippen molar-refractivity contribution < 1.29 is 9.59 Å². The number of likely N-dealkylation sites (N-methyl/N-ethyl adjacent to an activating group) is 1. The van der Waals surface area contributed by atoms with Gasteiger partial charge in [-0.05, 0) is 76.3 Å². The van der Waals surface area contributed by atoms with Crippen LogP contribution in [0.5, 0.6) is 0 Å². The second-order valence-electron chi connectivity index (χ2n) is 10.2. The number of thiophene rings is 1. The van der Waals surface area contributed by atoms with E-state index in [4.69, 9.17) is 5.73 Å². The average Bonchev–Trinajstić information content (AvgIpc) is 3.56. The molecule has 0 aromatic carbocycles. The van der Waals surface area contributed by atoms with E-state index in [1.165, 1.54) is 10.4 Å². The van der Waals surface area contributed by atoms with Gasteiger partial charge in [0.25, 0.3) is 0 Å². The summed E-state index contributed by atoms with van der Waals surface area (Å²) in [6.45, 7) is 2.38. The summed E-state index contributed by atoms with van der Waals surface area (Å²) in [6, 6.07) is 0.830. The number of carbonyl (C=O) groups excluding carboxylic acids is 2. The van der Waals surface area contributed by atoms with Crippen molar-refractivity contribution in [1.29, 1.82) is 0 Å². The van der Waals surface area contributed by atoms with Crippen LogP contribution < -0.4 is 11.1 Å². The minimum atomic E-state index is -0.230. The maximum absolute atomic E-state index is 12.5. The SMILES string of the molecule is CN(CC(=O)N1CCCC1)C1CCC(Nc2ncnc3sc4c(c23)[C@@H](CCC(N)=O)CC4)CC1. The molecule has 0 radical (unpaired) electrons. The molecule has 3 heterocycles. The molecule has 1 aliphatic heterocycles. The lowest BCUT2D eigenvalue weighted by Crippen LogP contribution is -2.44. The topological polar surface area (TPSA) is 104 Å². The Morgan fingerprint density at radius 2 is 1.94 bits per heavy atom. The number of nitrogens with one attached hydrogen (secondary N) is 1. The van der Waals surface area contributed by atoms with E-state index in [1.54, 1.807) is 17.7 Å². The molecule has 34 heavy (non-hydrogen) atoms. The molecule has 184 valence electrons. The predicted molar refractivity (Wildman–Crippen MR) is 135 cm³/mol. The number of aryl methyl sites for hydroxylation is 1. The van der Waals surface area contributed by atoms with E-state index in [-0.39, 0.29) is 11.8 Å². The van der Waals surface area contributed by atoms with Crippen molar-refractivity contribution in [1.82, 2.24) is 19.8 Å². The normalized spacial score (nSPS) is 24.6. The third kappa shape index (κ3) is 4.91. The Kier molecular flexibility index (Phi) is 7.01. The summed E-state index contributed by atoms with van der Waals surface area (Å²) < 4.78 is 0. The lowest BCUT2D eigenvalue weighted by atomic mass is 9.90. The van der Waals surface area contributed by atoms with Crippen LogP contribution >= 0.6 is 11.3 Å². The number of hydrogen-bond donors (Lipinski definition) is 2. The van der Waals surface area contributed by atoms with E-state index in [0.717, 1.165) is 86.9 Å². The number of amides is 2. The number of primary amides is 1. The lowest BCUT2D eigenvalue weighted by Gasteiger charge is -2.35. The first-order chi connectivity index (χ1) is 16.5. The number of aromatic nitrogens is 2. The van der Waals surface area contributed by atoms with Gasteiger partial charge in [-0.25, -0.2) is 9.97 Å². The number of hydrogen-bond acceptors (Lipinski definition) is 7. The summed E-state index contributed by atoms with van der Waals surface area (Å²) in [6.07, 6.45) is 11.6. The zero-order valence-electron chi connectivity index (χ0n) is 20.1. The highest BCUT2D eigenvalue weighted by molar-refractivity contribution is 7.19. The van der Waals surface area contributed by atoms with E-state index in [0.29, 0.717) is 31.0 Å². The minimum absolute atomic E-state index is 0.230. The molecule has 2 aromatic rings. The highest BCUT2D eigenvalue weighted by Crippen LogP contribution is 2.47. The quantitative estimate of drug-likeness (QED) is 0.596. The first-order valence-corrected chi connectivity index (χ1v) is 13.6. The molecular formula is C25H36N6O2S. The van der Waals surface area contributed by atoms with Crippen molar-refractivity contribution in [3.8, 4) is 0 Å². The molecule has 2 amide bonds. The lowest BCUT2D eigenvalue weighted by molar-refractivity contribution is -0.131. The Balaban J connectivity index is 1.22. The second-order valence-corrected chi connectivity index (χ2v) is 11.3. The van der Waals surface area contributed by atoms with Gasteiger partial charge in [0.05, 0.1) is 11.9 Å². The molecule has 1 saturated carbocycles. The summed E-state index contributed by atoms with van der Waals surface area (Å²) in [5.74, 6) is 1.35. The molecule has 1 atom stereocenters. The van der Waals surface area contributed by atoms with Crippen LogP contribution in [0, 0.1) is 0 Å². The molecule has 2 aromatic heterocycles. The Hall–Kier alpha value is -2.26. The van der Waals surface area contributed by atoms with E-state index < -0.39 is 0 Å². The van der Waals surface area contributed by atoms with Gasteiger partial charge in [0, 0.05) is 36.5 Å². The van der Waals surface area contributed by atoms with Crippen LogP contribution in [0.3, 0.4) is 0 Å². The molecule has 9 heteroatoms. The maximum atomic E-state index is 12.5. The largest absolute Gasteiger partial charge is 0.370 e.